The lowest BCUT2D eigenvalue weighted by Gasteiger charge is -2.12. The van der Waals surface area contributed by atoms with Gasteiger partial charge in [0.05, 0.1) is 6.61 Å². The van der Waals surface area contributed by atoms with Crippen LogP contribution in [0.25, 0.3) is 10.9 Å². The zero-order valence-corrected chi connectivity index (χ0v) is 11.4. The number of H-pyrrole nitrogens is 1. The Morgan fingerprint density at radius 3 is 2.79 bits per heavy atom. The van der Waals surface area contributed by atoms with E-state index in [2.05, 4.69) is 4.98 Å². The number of aromatic amines is 1. The largest absolute Gasteiger partial charge is 0.508 e. The first-order valence-electron chi connectivity index (χ1n) is 6.18. The third-order valence-corrected chi connectivity index (χ3v) is 2.86. The van der Waals surface area contributed by atoms with Gasteiger partial charge in [-0.05, 0) is 39.2 Å². The quantitative estimate of drug-likeness (QED) is 0.828. The van der Waals surface area contributed by atoms with Gasteiger partial charge in [-0.3, -0.25) is 0 Å². The van der Waals surface area contributed by atoms with Crippen molar-refractivity contribution in [1.29, 1.82) is 0 Å². The Morgan fingerprint density at radius 1 is 1.42 bits per heavy atom. The molecule has 19 heavy (non-hydrogen) atoms. The molecule has 1 heterocycles. The van der Waals surface area contributed by atoms with Crippen LogP contribution in [0.1, 0.15) is 23.0 Å². The Morgan fingerprint density at radius 2 is 2.16 bits per heavy atom. The van der Waals surface area contributed by atoms with Gasteiger partial charge in [-0.15, -0.1) is 0 Å². The fraction of sp³-hybridized carbons (Fsp3) is 0.357. The number of carbonyl (C=O) groups is 1. The topological polar surface area (TPSA) is 65.6 Å². The predicted octanol–water partition coefficient (Wildman–Crippen LogP) is 2.11. The molecule has 5 heteroatoms. The third-order valence-electron chi connectivity index (χ3n) is 2.86. The van der Waals surface area contributed by atoms with Crippen LogP contribution >= 0.6 is 0 Å². The maximum Gasteiger partial charge on any atom is 0.354 e. The molecule has 0 aliphatic carbocycles. The van der Waals surface area contributed by atoms with Crippen molar-refractivity contribution in [1.82, 2.24) is 9.88 Å². The molecule has 0 saturated heterocycles. The van der Waals surface area contributed by atoms with Gasteiger partial charge in [0.2, 0.25) is 0 Å². The van der Waals surface area contributed by atoms with Gasteiger partial charge < -0.3 is 19.7 Å². The molecule has 2 rings (SSSR count). The maximum absolute atomic E-state index is 11.7. The lowest BCUT2D eigenvalue weighted by molar-refractivity contribution is 0.0520. The van der Waals surface area contributed by atoms with Crippen molar-refractivity contribution < 1.29 is 14.6 Å². The molecule has 0 fully saturated rings. The van der Waals surface area contributed by atoms with Gasteiger partial charge >= 0.3 is 5.97 Å². The Bertz CT molecular complexity index is 602. The van der Waals surface area contributed by atoms with Crippen molar-refractivity contribution >= 4 is 16.9 Å². The minimum absolute atomic E-state index is 0.232. The molecule has 0 saturated carbocycles. The summed E-state index contributed by atoms with van der Waals surface area (Å²) in [6.45, 7) is 2.71. The number of phenolic OH excluding ortho intramolecular Hbond substituents is 1. The van der Waals surface area contributed by atoms with Gasteiger partial charge in [0.15, 0.2) is 0 Å². The smallest absolute Gasteiger partial charge is 0.354 e. The van der Waals surface area contributed by atoms with Gasteiger partial charge in [-0.25, -0.2) is 4.79 Å². The van der Waals surface area contributed by atoms with Crippen molar-refractivity contribution in [3.63, 3.8) is 0 Å². The summed E-state index contributed by atoms with van der Waals surface area (Å²) >= 11 is 0. The number of ether oxygens (including phenoxy) is 1. The Labute approximate surface area is 111 Å². The molecule has 1 aromatic heterocycles. The van der Waals surface area contributed by atoms with E-state index in [0.717, 1.165) is 16.5 Å². The van der Waals surface area contributed by atoms with Crippen molar-refractivity contribution in [2.75, 3.05) is 20.7 Å². The van der Waals surface area contributed by atoms with Gasteiger partial charge in [-0.2, -0.15) is 0 Å². The highest BCUT2D eigenvalue weighted by Gasteiger charge is 2.15. The number of hydrogen-bond donors (Lipinski definition) is 2. The van der Waals surface area contributed by atoms with Crippen molar-refractivity contribution in [2.24, 2.45) is 0 Å². The van der Waals surface area contributed by atoms with Crippen LogP contribution in [0.5, 0.6) is 5.75 Å². The standard InChI is InChI=1S/C14H18N2O3/c1-4-19-14(18)12-7-9-10(8-16(2)3)13(17)6-5-11(9)15-12/h5-7,15,17H,4,8H2,1-3H3. The van der Waals surface area contributed by atoms with Crippen LogP contribution in [0.2, 0.25) is 0 Å². The zero-order chi connectivity index (χ0) is 14.0. The highest BCUT2D eigenvalue weighted by Crippen LogP contribution is 2.28. The van der Waals surface area contributed by atoms with E-state index in [1.807, 2.05) is 19.0 Å². The van der Waals surface area contributed by atoms with Crippen LogP contribution in [0.3, 0.4) is 0 Å². The second kappa shape index (κ2) is 5.32. The molecular formula is C14H18N2O3. The molecule has 102 valence electrons. The van der Waals surface area contributed by atoms with E-state index in [1.54, 1.807) is 25.1 Å². The normalized spacial score (nSPS) is 11.2. The van der Waals surface area contributed by atoms with Crippen molar-refractivity contribution in [2.45, 2.75) is 13.5 Å². The maximum atomic E-state index is 11.7. The summed E-state index contributed by atoms with van der Waals surface area (Å²) in [6.07, 6.45) is 0. The molecule has 2 aromatic rings. The molecule has 2 N–H and O–H groups in total. The van der Waals surface area contributed by atoms with E-state index >= 15 is 0 Å². The number of nitrogens with one attached hydrogen (secondary N) is 1. The molecular weight excluding hydrogens is 244 g/mol. The highest BCUT2D eigenvalue weighted by atomic mass is 16.5. The fourth-order valence-corrected chi connectivity index (χ4v) is 2.05. The van der Waals surface area contributed by atoms with Crippen LogP contribution < -0.4 is 0 Å². The van der Waals surface area contributed by atoms with Crippen LogP contribution in [0, 0.1) is 0 Å². The number of rotatable bonds is 4. The second-order valence-electron chi connectivity index (χ2n) is 4.67. The molecule has 0 amide bonds. The Balaban J connectivity index is 2.49. The minimum Gasteiger partial charge on any atom is -0.508 e. The lowest BCUT2D eigenvalue weighted by Crippen LogP contribution is -2.10. The molecule has 0 spiro atoms. The van der Waals surface area contributed by atoms with Crippen molar-refractivity contribution in [3.05, 3.63) is 29.5 Å². The summed E-state index contributed by atoms with van der Waals surface area (Å²) in [7, 11) is 3.86. The molecule has 0 bridgehead atoms. The fourth-order valence-electron chi connectivity index (χ4n) is 2.05. The lowest BCUT2D eigenvalue weighted by atomic mass is 10.1. The number of phenols is 1. The van der Waals surface area contributed by atoms with Crippen LogP contribution in [0.15, 0.2) is 18.2 Å². The summed E-state index contributed by atoms with van der Waals surface area (Å²) in [5.41, 5.74) is 2.02. The molecule has 5 nitrogen and oxygen atoms in total. The van der Waals surface area contributed by atoms with Gasteiger partial charge in [-0.1, -0.05) is 0 Å². The van der Waals surface area contributed by atoms with Crippen LogP contribution in [-0.4, -0.2) is 41.7 Å². The summed E-state index contributed by atoms with van der Waals surface area (Å²) in [4.78, 5) is 16.7. The highest BCUT2D eigenvalue weighted by molar-refractivity contribution is 5.96. The number of fused-ring (bicyclic) bond motifs is 1. The number of benzene rings is 1. The number of aromatic hydroxyl groups is 1. The number of nitrogens with zero attached hydrogens (tertiary/aromatic N) is 1. The minimum atomic E-state index is -0.381. The summed E-state index contributed by atoms with van der Waals surface area (Å²) < 4.78 is 4.97. The summed E-state index contributed by atoms with van der Waals surface area (Å²) in [6, 6.07) is 5.12. The molecule has 1 aromatic carbocycles. The van der Waals surface area contributed by atoms with Crippen LogP contribution in [-0.2, 0) is 11.3 Å². The predicted molar refractivity (Wildman–Crippen MR) is 73.3 cm³/mol. The Kier molecular flexibility index (Phi) is 3.76. The Hall–Kier alpha value is -2.01. The zero-order valence-electron chi connectivity index (χ0n) is 11.4. The van der Waals surface area contributed by atoms with Gasteiger partial charge in [0.1, 0.15) is 11.4 Å². The number of esters is 1. The number of aromatic nitrogens is 1. The molecule has 0 radical (unpaired) electrons. The SMILES string of the molecule is CCOC(=O)c1cc2c(CN(C)C)c(O)ccc2[nH]1. The van der Waals surface area contributed by atoms with E-state index < -0.39 is 0 Å². The summed E-state index contributed by atoms with van der Waals surface area (Å²) in [5, 5.41) is 10.8. The van der Waals surface area contributed by atoms with E-state index in [-0.39, 0.29) is 11.7 Å². The molecule has 0 aliphatic heterocycles. The molecule has 0 atom stereocenters. The average Bonchev–Trinajstić information content (AvgIpc) is 2.77. The van der Waals surface area contributed by atoms with E-state index in [4.69, 9.17) is 4.74 Å². The monoisotopic (exact) mass is 262 g/mol. The number of hydrogen-bond acceptors (Lipinski definition) is 4. The first-order chi connectivity index (χ1) is 9.02. The molecule has 0 unspecified atom stereocenters. The summed E-state index contributed by atoms with van der Waals surface area (Å²) in [5.74, 6) is -0.149. The van der Waals surface area contributed by atoms with Crippen LogP contribution in [0.4, 0.5) is 0 Å². The van der Waals surface area contributed by atoms with E-state index in [1.165, 1.54) is 0 Å². The van der Waals surface area contributed by atoms with Gasteiger partial charge in [0, 0.05) is 23.0 Å². The van der Waals surface area contributed by atoms with Gasteiger partial charge in [0.25, 0.3) is 0 Å². The van der Waals surface area contributed by atoms with E-state index in [9.17, 15) is 9.90 Å². The first kappa shape index (κ1) is 13.4. The third kappa shape index (κ3) is 2.71. The molecule has 0 aliphatic rings. The van der Waals surface area contributed by atoms with Crippen molar-refractivity contribution in [3.8, 4) is 5.75 Å². The van der Waals surface area contributed by atoms with E-state index in [0.29, 0.717) is 18.8 Å². The number of carbonyl (C=O) groups excluding carboxylic acids is 1. The average molecular weight is 262 g/mol. The second-order valence-corrected chi connectivity index (χ2v) is 4.67. The first-order valence-corrected chi connectivity index (χ1v) is 6.18.